The predicted molar refractivity (Wildman–Crippen MR) is 99.6 cm³/mol. The molecule has 1 aromatic heterocycles. The fourth-order valence-corrected chi connectivity index (χ4v) is 2.76. The van der Waals surface area contributed by atoms with Crippen LogP contribution in [-0.2, 0) is 21.4 Å². The lowest BCUT2D eigenvalue weighted by Crippen LogP contribution is -2.14. The molecule has 0 aliphatic rings. The van der Waals surface area contributed by atoms with Crippen molar-refractivity contribution < 1.29 is 14.6 Å². The van der Waals surface area contributed by atoms with Crippen molar-refractivity contribution in [2.24, 2.45) is 0 Å². The summed E-state index contributed by atoms with van der Waals surface area (Å²) in [6.07, 6.45) is 0.585. The van der Waals surface area contributed by atoms with E-state index in [1.165, 1.54) is 11.9 Å². The van der Waals surface area contributed by atoms with Gasteiger partial charge in [0.25, 0.3) is 0 Å². The van der Waals surface area contributed by atoms with Gasteiger partial charge in [-0.3, -0.25) is 4.79 Å². The zero-order valence-electron chi connectivity index (χ0n) is 15.5. The lowest BCUT2D eigenvalue weighted by molar-refractivity contribution is -0.140. The zero-order chi connectivity index (χ0) is 18.9. The number of carbonyl (C=O) groups excluding carboxylic acids is 1. The number of rotatable bonds is 4. The van der Waals surface area contributed by atoms with Crippen LogP contribution in [0.2, 0.25) is 0 Å². The van der Waals surface area contributed by atoms with E-state index in [0.717, 1.165) is 16.6 Å². The molecule has 0 unspecified atom stereocenters. The van der Waals surface area contributed by atoms with E-state index in [9.17, 15) is 9.90 Å². The predicted octanol–water partition coefficient (Wildman–Crippen LogP) is 3.53. The summed E-state index contributed by atoms with van der Waals surface area (Å²) in [5.74, 6) is -0.225. The summed E-state index contributed by atoms with van der Waals surface area (Å²) in [5, 5.41) is 19.7. The van der Waals surface area contributed by atoms with Crippen molar-refractivity contribution in [3.63, 3.8) is 0 Å². The van der Waals surface area contributed by atoms with E-state index in [4.69, 9.17) is 4.74 Å². The van der Waals surface area contributed by atoms with Crippen LogP contribution in [-0.4, -0.2) is 33.2 Å². The summed E-state index contributed by atoms with van der Waals surface area (Å²) in [6, 6.07) is 11.4. The molecule has 0 amide bonds. The lowest BCUT2D eigenvalue weighted by atomic mass is 9.85. The molecule has 0 spiro atoms. The number of nitrogens with zero attached hydrogens (tertiary/aromatic N) is 3. The number of ether oxygens (including phenoxy) is 1. The first-order valence-corrected chi connectivity index (χ1v) is 8.55. The van der Waals surface area contributed by atoms with E-state index in [-0.39, 0.29) is 23.6 Å². The SMILES string of the molecule is COC(=O)CCc1cc(C(C)(C)C)cc(-n2nc3ccccc3n2)c1O. The van der Waals surface area contributed by atoms with Crippen molar-refractivity contribution in [1.82, 2.24) is 15.0 Å². The number of benzene rings is 2. The zero-order valence-corrected chi connectivity index (χ0v) is 15.5. The molecule has 26 heavy (non-hydrogen) atoms. The molecule has 3 rings (SSSR count). The number of hydrogen-bond acceptors (Lipinski definition) is 5. The largest absolute Gasteiger partial charge is 0.505 e. The third-order valence-corrected chi connectivity index (χ3v) is 4.36. The van der Waals surface area contributed by atoms with Gasteiger partial charge in [-0.25, -0.2) is 0 Å². The molecule has 6 nitrogen and oxygen atoms in total. The second-order valence-corrected chi connectivity index (χ2v) is 7.31. The molecule has 0 saturated heterocycles. The molecule has 1 heterocycles. The Morgan fingerprint density at radius 1 is 1.15 bits per heavy atom. The maximum absolute atomic E-state index is 11.5. The van der Waals surface area contributed by atoms with Gasteiger partial charge in [-0.2, -0.15) is 0 Å². The number of hydrogen-bond donors (Lipinski definition) is 1. The fraction of sp³-hybridized carbons (Fsp3) is 0.350. The summed E-state index contributed by atoms with van der Waals surface area (Å²) >= 11 is 0. The Kier molecular flexibility index (Phi) is 4.68. The molecule has 0 saturated carbocycles. The summed E-state index contributed by atoms with van der Waals surface area (Å²) in [7, 11) is 1.36. The number of phenolic OH excluding ortho intramolecular Hbond substituents is 1. The van der Waals surface area contributed by atoms with E-state index < -0.39 is 0 Å². The van der Waals surface area contributed by atoms with Crippen LogP contribution < -0.4 is 0 Å². The number of fused-ring (bicyclic) bond motifs is 1. The maximum atomic E-state index is 11.5. The monoisotopic (exact) mass is 353 g/mol. The van der Waals surface area contributed by atoms with Crippen molar-refractivity contribution in [2.45, 2.75) is 39.0 Å². The van der Waals surface area contributed by atoms with E-state index in [2.05, 4.69) is 31.0 Å². The van der Waals surface area contributed by atoms with E-state index in [0.29, 0.717) is 17.7 Å². The molecular weight excluding hydrogens is 330 g/mol. The molecular formula is C20H23N3O3. The number of methoxy groups -OCH3 is 1. The molecule has 0 atom stereocenters. The van der Waals surface area contributed by atoms with Gasteiger partial charge in [-0.05, 0) is 41.2 Å². The summed E-state index contributed by atoms with van der Waals surface area (Å²) in [4.78, 5) is 13.0. The quantitative estimate of drug-likeness (QED) is 0.726. The standard InChI is InChI=1S/C20H23N3O3/c1-20(2,3)14-11-13(9-10-18(24)26-4)19(25)17(12-14)23-21-15-7-5-6-8-16(15)22-23/h5-8,11-12,25H,9-10H2,1-4H3. The Hall–Kier alpha value is -2.89. The third-order valence-electron chi connectivity index (χ3n) is 4.36. The van der Waals surface area contributed by atoms with E-state index >= 15 is 0 Å². The van der Waals surface area contributed by atoms with Gasteiger partial charge in [0, 0.05) is 6.42 Å². The Labute approximate surface area is 152 Å². The molecule has 0 bridgehead atoms. The van der Waals surface area contributed by atoms with E-state index in [1.54, 1.807) is 0 Å². The first kappa shape index (κ1) is 17.9. The average Bonchev–Trinajstić information content (AvgIpc) is 3.03. The second-order valence-electron chi connectivity index (χ2n) is 7.31. The molecule has 3 aromatic rings. The maximum Gasteiger partial charge on any atom is 0.305 e. The Bertz CT molecular complexity index is 922. The lowest BCUT2D eigenvalue weighted by Gasteiger charge is -2.22. The van der Waals surface area contributed by atoms with Gasteiger partial charge in [0.1, 0.15) is 22.5 Å². The Balaban J connectivity index is 2.12. The number of esters is 1. The van der Waals surface area contributed by atoms with E-state index in [1.807, 2.05) is 36.4 Å². The molecule has 0 aliphatic carbocycles. The molecule has 136 valence electrons. The first-order valence-electron chi connectivity index (χ1n) is 8.55. The van der Waals surface area contributed by atoms with Gasteiger partial charge in [0.05, 0.1) is 7.11 Å². The number of aromatic nitrogens is 3. The van der Waals surface area contributed by atoms with Crippen LogP contribution in [0.4, 0.5) is 0 Å². The van der Waals surface area contributed by atoms with Crippen LogP contribution in [0.15, 0.2) is 36.4 Å². The minimum Gasteiger partial charge on any atom is -0.505 e. The molecule has 1 N–H and O–H groups in total. The molecule has 0 fully saturated rings. The summed E-state index contributed by atoms with van der Waals surface area (Å²) in [5.41, 5.74) is 3.60. The van der Waals surface area contributed by atoms with Crippen molar-refractivity contribution in [1.29, 1.82) is 0 Å². The third kappa shape index (κ3) is 3.54. The minimum absolute atomic E-state index is 0.0854. The topological polar surface area (TPSA) is 77.2 Å². The molecule has 2 aromatic carbocycles. The molecule has 0 aliphatic heterocycles. The van der Waals surface area contributed by atoms with Gasteiger partial charge in [-0.15, -0.1) is 15.0 Å². The van der Waals surface area contributed by atoms with Crippen molar-refractivity contribution in [3.05, 3.63) is 47.5 Å². The summed E-state index contributed by atoms with van der Waals surface area (Å²) in [6.45, 7) is 6.29. The van der Waals surface area contributed by atoms with Gasteiger partial charge < -0.3 is 9.84 Å². The average molecular weight is 353 g/mol. The number of phenols is 1. The normalized spacial score (nSPS) is 11.7. The minimum atomic E-state index is -0.310. The molecule has 0 radical (unpaired) electrons. The highest BCUT2D eigenvalue weighted by Crippen LogP contribution is 2.34. The fourth-order valence-electron chi connectivity index (χ4n) is 2.76. The highest BCUT2D eigenvalue weighted by molar-refractivity contribution is 5.74. The smallest absolute Gasteiger partial charge is 0.305 e. The van der Waals surface area contributed by atoms with Crippen molar-refractivity contribution in [3.8, 4) is 11.4 Å². The van der Waals surface area contributed by atoms with Crippen molar-refractivity contribution in [2.75, 3.05) is 7.11 Å². The second kappa shape index (κ2) is 6.78. The van der Waals surface area contributed by atoms with Gasteiger partial charge in [0.15, 0.2) is 0 Å². The van der Waals surface area contributed by atoms with Gasteiger partial charge >= 0.3 is 5.97 Å². The number of carbonyl (C=O) groups is 1. The Morgan fingerprint density at radius 3 is 2.31 bits per heavy atom. The highest BCUT2D eigenvalue weighted by Gasteiger charge is 2.21. The van der Waals surface area contributed by atoms with Gasteiger partial charge in [0.2, 0.25) is 0 Å². The van der Waals surface area contributed by atoms with Crippen molar-refractivity contribution >= 4 is 17.0 Å². The Morgan fingerprint density at radius 2 is 1.77 bits per heavy atom. The van der Waals surface area contributed by atoms with Crippen LogP contribution >= 0.6 is 0 Å². The first-order chi connectivity index (χ1) is 12.3. The highest BCUT2D eigenvalue weighted by atomic mass is 16.5. The van der Waals surface area contributed by atoms with Crippen LogP contribution in [0.3, 0.4) is 0 Å². The number of aromatic hydroxyl groups is 1. The van der Waals surface area contributed by atoms with Crippen LogP contribution in [0.1, 0.15) is 38.3 Å². The van der Waals surface area contributed by atoms with Crippen LogP contribution in [0.25, 0.3) is 16.7 Å². The number of aryl methyl sites for hydroxylation is 1. The van der Waals surface area contributed by atoms with Crippen LogP contribution in [0.5, 0.6) is 5.75 Å². The van der Waals surface area contributed by atoms with Gasteiger partial charge in [-0.1, -0.05) is 39.0 Å². The molecule has 6 heteroatoms. The van der Waals surface area contributed by atoms with Crippen LogP contribution in [0, 0.1) is 0 Å². The summed E-state index contributed by atoms with van der Waals surface area (Å²) < 4.78 is 4.71.